The van der Waals surface area contributed by atoms with Crippen molar-refractivity contribution in [2.75, 3.05) is 11.5 Å². The second-order valence-electron chi connectivity index (χ2n) is 4.70. The standard InChI is InChI=1S/C12H19N5S/c1-4-5-18-11-9-10(15-12(13)16-11)17(7-14-9)6-8(2)3/h7-8H,4-6H2,1-3H3,(H2,13,15,16). The number of rotatable bonds is 5. The maximum atomic E-state index is 5.78. The molecule has 2 aromatic rings. The molecule has 0 amide bonds. The van der Waals surface area contributed by atoms with Gasteiger partial charge in [-0.3, -0.25) is 0 Å². The van der Waals surface area contributed by atoms with Gasteiger partial charge in [-0.25, -0.2) is 9.97 Å². The summed E-state index contributed by atoms with van der Waals surface area (Å²) in [4.78, 5) is 13.0. The van der Waals surface area contributed by atoms with Crippen molar-refractivity contribution in [2.45, 2.75) is 38.8 Å². The Bertz CT molecular complexity index is 534. The molecule has 0 saturated carbocycles. The lowest BCUT2D eigenvalue weighted by Gasteiger charge is -2.07. The maximum absolute atomic E-state index is 5.78. The minimum Gasteiger partial charge on any atom is -0.368 e. The molecule has 18 heavy (non-hydrogen) atoms. The molecule has 0 aliphatic carbocycles. The van der Waals surface area contributed by atoms with Crippen molar-refractivity contribution in [3.8, 4) is 0 Å². The number of nitrogens with two attached hydrogens (primary N) is 1. The van der Waals surface area contributed by atoms with Gasteiger partial charge in [0.25, 0.3) is 0 Å². The van der Waals surface area contributed by atoms with Gasteiger partial charge in [-0.15, -0.1) is 11.8 Å². The van der Waals surface area contributed by atoms with Crippen LogP contribution < -0.4 is 5.73 Å². The number of fused-ring (bicyclic) bond motifs is 1. The van der Waals surface area contributed by atoms with E-state index >= 15 is 0 Å². The second kappa shape index (κ2) is 5.56. The molecule has 0 aliphatic rings. The summed E-state index contributed by atoms with van der Waals surface area (Å²) in [6.07, 6.45) is 2.93. The van der Waals surface area contributed by atoms with E-state index in [9.17, 15) is 0 Å². The highest BCUT2D eigenvalue weighted by Crippen LogP contribution is 2.25. The van der Waals surface area contributed by atoms with Crippen LogP contribution in [0.5, 0.6) is 0 Å². The van der Waals surface area contributed by atoms with Crippen LogP contribution >= 0.6 is 11.8 Å². The van der Waals surface area contributed by atoms with Crippen LogP contribution in [0.2, 0.25) is 0 Å². The van der Waals surface area contributed by atoms with Crippen molar-refractivity contribution < 1.29 is 0 Å². The van der Waals surface area contributed by atoms with Gasteiger partial charge in [0.05, 0.1) is 6.33 Å². The summed E-state index contributed by atoms with van der Waals surface area (Å²) >= 11 is 1.69. The van der Waals surface area contributed by atoms with Gasteiger partial charge in [0.15, 0.2) is 5.65 Å². The zero-order chi connectivity index (χ0) is 13.1. The summed E-state index contributed by atoms with van der Waals surface area (Å²) < 4.78 is 2.05. The van der Waals surface area contributed by atoms with Gasteiger partial charge in [0.2, 0.25) is 5.95 Å². The van der Waals surface area contributed by atoms with E-state index in [-0.39, 0.29) is 0 Å². The summed E-state index contributed by atoms with van der Waals surface area (Å²) in [5, 5.41) is 0.891. The average Bonchev–Trinajstić information content (AvgIpc) is 2.68. The molecule has 0 spiro atoms. The molecule has 0 aliphatic heterocycles. The minimum atomic E-state index is 0.326. The molecule has 0 bridgehead atoms. The molecule has 0 radical (unpaired) electrons. The highest BCUT2D eigenvalue weighted by atomic mass is 32.2. The number of imidazole rings is 1. The average molecular weight is 265 g/mol. The summed E-state index contributed by atoms with van der Waals surface area (Å²) in [5.41, 5.74) is 7.49. The zero-order valence-corrected chi connectivity index (χ0v) is 11.9. The van der Waals surface area contributed by atoms with Gasteiger partial charge in [-0.1, -0.05) is 20.8 Å². The quantitative estimate of drug-likeness (QED) is 0.664. The molecule has 2 rings (SSSR count). The van der Waals surface area contributed by atoms with E-state index in [2.05, 4.69) is 35.7 Å². The predicted molar refractivity (Wildman–Crippen MR) is 75.6 cm³/mol. The molecule has 5 nitrogen and oxygen atoms in total. The monoisotopic (exact) mass is 265 g/mol. The van der Waals surface area contributed by atoms with E-state index in [1.54, 1.807) is 11.8 Å². The van der Waals surface area contributed by atoms with Crippen LogP contribution in [0.1, 0.15) is 27.2 Å². The second-order valence-corrected chi connectivity index (χ2v) is 5.78. The topological polar surface area (TPSA) is 69.6 Å². The normalized spacial score (nSPS) is 11.6. The first-order chi connectivity index (χ1) is 8.61. The fourth-order valence-electron chi connectivity index (χ4n) is 1.76. The highest BCUT2D eigenvalue weighted by molar-refractivity contribution is 7.99. The Morgan fingerprint density at radius 1 is 1.39 bits per heavy atom. The highest BCUT2D eigenvalue weighted by Gasteiger charge is 2.12. The lowest BCUT2D eigenvalue weighted by atomic mass is 10.2. The fourth-order valence-corrected chi connectivity index (χ4v) is 2.60. The fraction of sp³-hybridized carbons (Fsp3) is 0.583. The van der Waals surface area contributed by atoms with Crippen LogP contribution in [0.15, 0.2) is 11.4 Å². The van der Waals surface area contributed by atoms with Crippen LogP contribution in [0.3, 0.4) is 0 Å². The zero-order valence-electron chi connectivity index (χ0n) is 11.1. The Morgan fingerprint density at radius 2 is 2.17 bits per heavy atom. The molecule has 0 saturated heterocycles. The van der Waals surface area contributed by atoms with Crippen LogP contribution in [0.25, 0.3) is 11.2 Å². The van der Waals surface area contributed by atoms with E-state index in [0.29, 0.717) is 11.9 Å². The summed E-state index contributed by atoms with van der Waals surface area (Å²) in [6.45, 7) is 7.38. The van der Waals surface area contributed by atoms with Crippen LogP contribution in [0, 0.1) is 5.92 Å². The van der Waals surface area contributed by atoms with Gasteiger partial charge in [0.1, 0.15) is 10.5 Å². The Kier molecular flexibility index (Phi) is 4.06. The number of hydrogen-bond donors (Lipinski definition) is 1. The van der Waals surface area contributed by atoms with Gasteiger partial charge in [-0.05, 0) is 18.1 Å². The molecule has 0 fully saturated rings. The van der Waals surface area contributed by atoms with Crippen LogP contribution in [-0.2, 0) is 6.54 Å². The lowest BCUT2D eigenvalue weighted by molar-refractivity contribution is 0.530. The Labute approximate surface area is 111 Å². The van der Waals surface area contributed by atoms with Crippen molar-refractivity contribution in [3.63, 3.8) is 0 Å². The summed E-state index contributed by atoms with van der Waals surface area (Å²) in [5.74, 6) is 1.89. The molecule has 0 atom stereocenters. The maximum Gasteiger partial charge on any atom is 0.223 e. The molecule has 0 aromatic carbocycles. The Hall–Kier alpha value is -1.30. The van der Waals surface area contributed by atoms with Crippen LogP contribution in [-0.4, -0.2) is 25.3 Å². The van der Waals surface area contributed by atoms with Crippen molar-refractivity contribution in [1.82, 2.24) is 19.5 Å². The van der Waals surface area contributed by atoms with Crippen molar-refractivity contribution in [1.29, 1.82) is 0 Å². The van der Waals surface area contributed by atoms with Crippen molar-refractivity contribution in [2.24, 2.45) is 5.92 Å². The van der Waals surface area contributed by atoms with E-state index in [4.69, 9.17) is 5.73 Å². The van der Waals surface area contributed by atoms with E-state index in [1.165, 1.54) is 0 Å². The molecular weight excluding hydrogens is 246 g/mol. The first-order valence-electron chi connectivity index (χ1n) is 6.23. The number of hydrogen-bond acceptors (Lipinski definition) is 5. The smallest absolute Gasteiger partial charge is 0.223 e. The van der Waals surface area contributed by atoms with Crippen LogP contribution in [0.4, 0.5) is 5.95 Å². The molecule has 0 unspecified atom stereocenters. The largest absolute Gasteiger partial charge is 0.368 e. The molecule has 6 heteroatoms. The Balaban J connectivity index is 2.43. The number of anilines is 1. The number of thioether (sulfide) groups is 1. The minimum absolute atomic E-state index is 0.326. The third-order valence-electron chi connectivity index (χ3n) is 2.45. The molecule has 2 heterocycles. The molecule has 2 N–H and O–H groups in total. The van der Waals surface area contributed by atoms with Gasteiger partial charge in [0, 0.05) is 6.54 Å². The van der Waals surface area contributed by atoms with E-state index < -0.39 is 0 Å². The van der Waals surface area contributed by atoms with E-state index in [1.807, 2.05) is 10.9 Å². The van der Waals surface area contributed by atoms with Gasteiger partial charge < -0.3 is 10.3 Å². The molecule has 2 aromatic heterocycles. The van der Waals surface area contributed by atoms with E-state index in [0.717, 1.165) is 34.9 Å². The Morgan fingerprint density at radius 3 is 2.83 bits per heavy atom. The van der Waals surface area contributed by atoms with Gasteiger partial charge in [-0.2, -0.15) is 4.98 Å². The van der Waals surface area contributed by atoms with Crippen molar-refractivity contribution in [3.05, 3.63) is 6.33 Å². The number of nitrogens with zero attached hydrogens (tertiary/aromatic N) is 4. The molecular formula is C12H19N5S. The number of nitrogen functional groups attached to an aromatic ring is 1. The number of aromatic nitrogens is 4. The predicted octanol–water partition coefficient (Wildman–Crippen LogP) is 2.57. The lowest BCUT2D eigenvalue weighted by Crippen LogP contribution is -2.05. The first-order valence-corrected chi connectivity index (χ1v) is 7.21. The molecule has 98 valence electrons. The third kappa shape index (κ3) is 2.75. The SMILES string of the molecule is CCCSc1nc(N)nc2c1ncn2CC(C)C. The third-order valence-corrected chi connectivity index (χ3v) is 3.62. The summed E-state index contributed by atoms with van der Waals surface area (Å²) in [7, 11) is 0. The first kappa shape index (κ1) is 13.1. The van der Waals surface area contributed by atoms with Gasteiger partial charge >= 0.3 is 0 Å². The van der Waals surface area contributed by atoms with Crippen molar-refractivity contribution >= 4 is 28.9 Å². The summed E-state index contributed by atoms with van der Waals surface area (Å²) in [6, 6.07) is 0.